The summed E-state index contributed by atoms with van der Waals surface area (Å²) in [6.07, 6.45) is 0. The maximum Gasteiger partial charge on any atom is 3.00 e. The third-order valence-electron chi connectivity index (χ3n) is 6.91. The number of hydrogen-bond acceptors (Lipinski definition) is 12. The molecule has 52 heavy (non-hydrogen) atoms. The van der Waals surface area contributed by atoms with Crippen molar-refractivity contribution in [3.63, 3.8) is 0 Å². The first-order valence-electron chi connectivity index (χ1n) is 14.5. The number of non-ortho nitro benzene ring substituents is 1. The maximum atomic E-state index is 12.5. The fourth-order valence-corrected chi connectivity index (χ4v) is 4.91. The number of nitro groups is 1. The second-order valence-electron chi connectivity index (χ2n) is 10.5. The number of para-hydroxylation sites is 2. The Balaban J connectivity index is 0.000000275. The molecule has 2 heterocycles. The van der Waals surface area contributed by atoms with Crippen LogP contribution in [0.5, 0.6) is 11.5 Å². The number of primary sulfonamides is 1. The molecular weight excluding hydrogens is 736 g/mol. The predicted molar refractivity (Wildman–Crippen MR) is 179 cm³/mol. The number of hydrogen-bond donors (Lipinski definition) is 1. The fourth-order valence-electron chi connectivity index (χ4n) is 4.37. The van der Waals surface area contributed by atoms with Crippen molar-refractivity contribution in [2.45, 2.75) is 18.7 Å². The molecule has 2 N–H and O–H groups in total. The zero-order valence-electron chi connectivity index (χ0n) is 27.9. The predicted octanol–water partition coefficient (Wildman–Crippen LogP) is 3.85. The van der Waals surface area contributed by atoms with Crippen molar-refractivity contribution in [3.05, 3.63) is 139 Å². The molecule has 0 aliphatic rings. The minimum absolute atomic E-state index is 0. The van der Waals surface area contributed by atoms with E-state index in [2.05, 4.69) is 30.7 Å². The first kappa shape index (κ1) is 38.3. The second kappa shape index (κ2) is 16.0. The van der Waals surface area contributed by atoms with E-state index < -0.39 is 37.6 Å². The van der Waals surface area contributed by atoms with E-state index in [0.29, 0.717) is 22.8 Å². The van der Waals surface area contributed by atoms with Crippen LogP contribution in [-0.4, -0.2) is 22.7 Å². The molecule has 0 aliphatic heterocycles. The van der Waals surface area contributed by atoms with Crippen LogP contribution in [0.2, 0.25) is 0 Å². The zero-order valence-corrected chi connectivity index (χ0v) is 29.0. The first-order valence-corrected chi connectivity index (χ1v) is 16.1. The van der Waals surface area contributed by atoms with E-state index in [4.69, 9.17) is 5.14 Å². The molecule has 0 saturated heterocycles. The van der Waals surface area contributed by atoms with E-state index in [1.54, 1.807) is 68.4 Å². The van der Waals surface area contributed by atoms with Crippen LogP contribution in [-0.2, 0) is 27.4 Å². The summed E-state index contributed by atoms with van der Waals surface area (Å²) < 4.78 is 25.1. The summed E-state index contributed by atoms with van der Waals surface area (Å²) in [6.45, 7) is 3.18. The molecule has 0 unspecified atom stereocenters. The summed E-state index contributed by atoms with van der Waals surface area (Å²) in [5.74, 6) is -1.21. The monoisotopic (exact) mass is 761 g/mol. The molecule has 20 heteroatoms. The van der Waals surface area contributed by atoms with Gasteiger partial charge in [-0.15, -0.1) is 21.6 Å². The van der Waals surface area contributed by atoms with Crippen LogP contribution < -0.4 is 36.7 Å². The van der Waals surface area contributed by atoms with Crippen LogP contribution in [0.3, 0.4) is 0 Å². The average molecular weight is 762 g/mol. The number of aryl methyl sites for hydroxylation is 2. The molecule has 6 rings (SSSR count). The minimum Gasteiger partial charge on any atom is -0.871 e. The molecule has 263 valence electrons. The molecule has 18 nitrogen and oxygen atoms in total. The van der Waals surface area contributed by atoms with Crippen molar-refractivity contribution in [1.29, 1.82) is 0 Å². The third kappa shape index (κ3) is 8.63. The van der Waals surface area contributed by atoms with Crippen LogP contribution in [0.25, 0.3) is 11.4 Å². The van der Waals surface area contributed by atoms with Crippen LogP contribution in [0, 0.1) is 24.0 Å². The SMILES string of the molecule is Cc1[n-]n(-c2ccccc2)c(=O)c1N=Nc1cc(S(N)(=O)=O)ccc1[O-].Cc1[n-]n(-c2ccccc2)c(=O)c1N=Nc1ccc([N+](=O)[O-])cc1[O-].[Cr+3].[H+]. The molecule has 0 fully saturated rings. The standard InChI is InChI=1S/C16H15N5O4S.C16H13N5O4.Cr/c1-10-15(16(23)21(20-10)11-5-3-2-4-6-11)19-18-13-9-12(26(17,24)25)7-8-14(13)22;1-10-15(16(23)20(19-10)11-5-3-2-4-6-11)18-17-13-8-7-12(21(24)25)9-14(13)22;/h2-9H,1H3,(H4,17,18,19,20,22,23,24,25);2-9H,1H3,(H2,17,18,19,22,23);/q;;+3/p-3. The normalized spacial score (nSPS) is 11.3. The molecule has 0 amide bonds. The van der Waals surface area contributed by atoms with Crippen molar-refractivity contribution in [1.82, 2.24) is 19.6 Å². The summed E-state index contributed by atoms with van der Waals surface area (Å²) in [5, 5.41) is 62.6. The Morgan fingerprint density at radius 2 is 1.17 bits per heavy atom. The Bertz CT molecular complexity index is 2530. The van der Waals surface area contributed by atoms with Gasteiger partial charge in [-0.25, -0.2) is 13.6 Å². The summed E-state index contributed by atoms with van der Waals surface area (Å²) in [4.78, 5) is 34.6. The quantitative estimate of drug-likeness (QED) is 0.133. The van der Waals surface area contributed by atoms with E-state index >= 15 is 0 Å². The number of sulfonamides is 1. The molecule has 4 aromatic carbocycles. The summed E-state index contributed by atoms with van der Waals surface area (Å²) in [7, 11) is -3.99. The molecular formula is C32H25CrN10O8S. The van der Waals surface area contributed by atoms with Gasteiger partial charge in [0.25, 0.3) is 16.8 Å². The van der Waals surface area contributed by atoms with Crippen LogP contribution in [0.15, 0.2) is 132 Å². The number of nitrogens with zero attached hydrogens (tertiary/aromatic N) is 9. The van der Waals surface area contributed by atoms with Gasteiger partial charge < -0.3 is 29.8 Å². The van der Waals surface area contributed by atoms with E-state index in [0.717, 1.165) is 30.3 Å². The molecule has 0 spiro atoms. The molecule has 6 aromatic rings. The van der Waals surface area contributed by atoms with Gasteiger partial charge in [0.15, 0.2) is 0 Å². The summed E-state index contributed by atoms with van der Waals surface area (Å²) >= 11 is 0. The van der Waals surface area contributed by atoms with Crippen molar-refractivity contribution in [3.8, 4) is 22.9 Å². The van der Waals surface area contributed by atoms with Crippen LogP contribution in [0.1, 0.15) is 12.8 Å². The Kier molecular flexibility index (Phi) is 11.8. The van der Waals surface area contributed by atoms with E-state index in [1.165, 1.54) is 15.4 Å². The smallest absolute Gasteiger partial charge is 0.871 e. The van der Waals surface area contributed by atoms with Gasteiger partial charge in [0.05, 0.1) is 21.2 Å². The second-order valence-corrected chi connectivity index (χ2v) is 12.0. The number of aromatic nitrogens is 4. The Labute approximate surface area is 306 Å². The number of rotatable bonds is 8. The molecule has 0 aliphatic carbocycles. The van der Waals surface area contributed by atoms with Gasteiger partial charge in [-0.05, 0) is 42.5 Å². The van der Waals surface area contributed by atoms with Crippen molar-refractivity contribution in [2.75, 3.05) is 0 Å². The van der Waals surface area contributed by atoms with Gasteiger partial charge in [-0.3, -0.25) is 19.7 Å². The molecule has 0 saturated carbocycles. The van der Waals surface area contributed by atoms with Crippen LogP contribution in [0.4, 0.5) is 28.4 Å². The summed E-state index contributed by atoms with van der Waals surface area (Å²) in [5.41, 5.74) is 0.107. The number of nitro benzene ring substituents is 1. The van der Waals surface area contributed by atoms with E-state index in [9.17, 15) is 38.3 Å². The Morgan fingerprint density at radius 3 is 1.62 bits per heavy atom. The van der Waals surface area contributed by atoms with Crippen molar-refractivity contribution in [2.24, 2.45) is 25.6 Å². The van der Waals surface area contributed by atoms with Crippen molar-refractivity contribution < 1.29 is 42.3 Å². The topological polar surface area (TPSA) is 271 Å². The summed E-state index contributed by atoms with van der Waals surface area (Å²) in [6, 6.07) is 23.8. The van der Waals surface area contributed by atoms with Gasteiger partial charge in [0.2, 0.25) is 10.0 Å². The van der Waals surface area contributed by atoms with Gasteiger partial charge in [-0.1, -0.05) is 67.8 Å². The Hall–Kier alpha value is -6.46. The first-order chi connectivity index (χ1) is 24.2. The van der Waals surface area contributed by atoms with Crippen LogP contribution >= 0.6 is 0 Å². The van der Waals surface area contributed by atoms with Gasteiger partial charge in [0, 0.05) is 23.5 Å². The molecule has 0 atom stereocenters. The van der Waals surface area contributed by atoms with E-state index in [-0.39, 0.29) is 52.1 Å². The maximum absolute atomic E-state index is 12.5. The molecule has 1 radical (unpaired) electrons. The number of benzene rings is 4. The molecule has 2 aromatic heterocycles. The average Bonchev–Trinajstić information content (AvgIpc) is 3.56. The van der Waals surface area contributed by atoms with Gasteiger partial charge >= 0.3 is 18.8 Å². The number of nitrogens with two attached hydrogens (primary N) is 1. The number of azo groups is 2. The van der Waals surface area contributed by atoms with Gasteiger partial charge in [-0.2, -0.15) is 10.2 Å². The largest absolute Gasteiger partial charge is 3.00 e. The molecule has 0 bridgehead atoms. The van der Waals surface area contributed by atoms with Gasteiger partial charge in [0.1, 0.15) is 11.4 Å². The fraction of sp³-hybridized carbons (Fsp3) is 0.0625. The third-order valence-corrected chi connectivity index (χ3v) is 7.82. The van der Waals surface area contributed by atoms with E-state index in [1.807, 2.05) is 6.07 Å². The zero-order chi connectivity index (χ0) is 36.9. The minimum atomic E-state index is -3.99. The Morgan fingerprint density at radius 1 is 0.692 bits per heavy atom. The van der Waals surface area contributed by atoms with Crippen molar-refractivity contribution >= 4 is 38.5 Å².